The van der Waals surface area contributed by atoms with Crippen molar-refractivity contribution in [2.75, 3.05) is 12.4 Å². The molecule has 2 heterocycles. The second-order valence-corrected chi connectivity index (χ2v) is 5.85. The Kier molecular flexibility index (Phi) is 6.88. The second-order valence-electron chi connectivity index (χ2n) is 5.85. The minimum Gasteiger partial charge on any atom is -0.466 e. The molecule has 0 amide bonds. The first kappa shape index (κ1) is 19.4. The van der Waals surface area contributed by atoms with E-state index in [1.54, 1.807) is 0 Å². The molecule has 1 radical (unpaired) electrons. The summed E-state index contributed by atoms with van der Waals surface area (Å²) < 4.78 is 2.23. The van der Waals surface area contributed by atoms with Crippen molar-refractivity contribution >= 4 is 16.9 Å². The standard InChI is InChI=1S/C17H26N4.Y/c1-8-10(2)11(3)9-21-13(5)12(4)15-16(18-7)19-14(6)20-17(15)21;/h8-11H,1-7H3,(H,18,19,20);/q-2;. The molecular weight excluding hydrogens is 349 g/mol. The molecule has 2 unspecified atom stereocenters. The van der Waals surface area contributed by atoms with E-state index in [0.717, 1.165) is 22.7 Å². The van der Waals surface area contributed by atoms with E-state index in [2.05, 4.69) is 67.4 Å². The topological polar surface area (TPSA) is 42.7 Å². The molecule has 2 aromatic heterocycles. The normalized spacial score (nSPS) is 13.6. The van der Waals surface area contributed by atoms with Gasteiger partial charge in [-0.2, -0.15) is 12.8 Å². The first-order valence-electron chi connectivity index (χ1n) is 7.58. The van der Waals surface area contributed by atoms with Crippen LogP contribution < -0.4 is 5.32 Å². The van der Waals surface area contributed by atoms with E-state index < -0.39 is 0 Å². The van der Waals surface area contributed by atoms with E-state index >= 15 is 0 Å². The Bertz CT molecular complexity index is 648. The Hall–Kier alpha value is -0.606. The number of aryl methyl sites for hydroxylation is 2. The van der Waals surface area contributed by atoms with E-state index in [-0.39, 0.29) is 32.7 Å². The third kappa shape index (κ3) is 3.48. The maximum absolute atomic E-state index is 4.67. The van der Waals surface area contributed by atoms with Crippen molar-refractivity contribution < 1.29 is 32.7 Å². The molecule has 0 fully saturated rings. The molecule has 2 rings (SSSR count). The minimum absolute atomic E-state index is 0. The predicted molar refractivity (Wildman–Crippen MR) is 89.3 cm³/mol. The summed E-state index contributed by atoms with van der Waals surface area (Å²) in [5.41, 5.74) is 3.47. The zero-order chi connectivity index (χ0) is 15.7. The zero-order valence-corrected chi connectivity index (χ0v) is 17.6. The summed E-state index contributed by atoms with van der Waals surface area (Å²) in [6, 6.07) is 0. The fourth-order valence-corrected chi connectivity index (χ4v) is 2.64. The number of anilines is 1. The molecule has 0 aliphatic rings. The van der Waals surface area contributed by atoms with Crippen molar-refractivity contribution in [3.8, 4) is 0 Å². The van der Waals surface area contributed by atoms with Gasteiger partial charge in [0, 0.05) is 45.4 Å². The maximum atomic E-state index is 4.67. The summed E-state index contributed by atoms with van der Waals surface area (Å²) in [4.78, 5) is 9.18. The van der Waals surface area contributed by atoms with Gasteiger partial charge in [0.2, 0.25) is 0 Å². The van der Waals surface area contributed by atoms with E-state index in [4.69, 9.17) is 0 Å². The summed E-state index contributed by atoms with van der Waals surface area (Å²) in [5.74, 6) is 2.70. The Morgan fingerprint density at radius 2 is 1.73 bits per heavy atom. The van der Waals surface area contributed by atoms with Crippen LogP contribution in [0.2, 0.25) is 0 Å². The van der Waals surface area contributed by atoms with Crippen LogP contribution in [0.4, 0.5) is 5.82 Å². The van der Waals surface area contributed by atoms with Crippen LogP contribution in [0.5, 0.6) is 0 Å². The SMILES string of the molecule is C[CH-]C(C)C(C)[CH-]n1c(C)c(C)c2c(NC)nc(C)nc21.[Y]. The molecule has 2 atom stereocenters. The summed E-state index contributed by atoms with van der Waals surface area (Å²) in [6.45, 7) is 15.1. The quantitative estimate of drug-likeness (QED) is 0.806. The maximum Gasteiger partial charge on any atom is 0.125 e. The van der Waals surface area contributed by atoms with E-state index in [1.807, 2.05) is 14.0 Å². The number of aromatic nitrogens is 3. The Morgan fingerprint density at radius 1 is 1.09 bits per heavy atom. The van der Waals surface area contributed by atoms with E-state index in [0.29, 0.717) is 11.8 Å². The van der Waals surface area contributed by atoms with Gasteiger partial charge in [-0.25, -0.2) is 4.98 Å². The molecule has 4 nitrogen and oxygen atoms in total. The number of hydrogen-bond acceptors (Lipinski definition) is 3. The molecule has 0 spiro atoms. The van der Waals surface area contributed by atoms with Crippen LogP contribution in [-0.2, 0) is 32.7 Å². The van der Waals surface area contributed by atoms with Crippen molar-refractivity contribution in [1.29, 1.82) is 0 Å². The first-order valence-corrected chi connectivity index (χ1v) is 7.58. The van der Waals surface area contributed by atoms with Gasteiger partial charge < -0.3 is 16.3 Å². The molecule has 119 valence electrons. The summed E-state index contributed by atoms with van der Waals surface area (Å²) >= 11 is 0. The predicted octanol–water partition coefficient (Wildman–Crippen LogP) is 3.90. The third-order valence-electron chi connectivity index (χ3n) is 4.49. The van der Waals surface area contributed by atoms with Crippen LogP contribution in [0, 0.1) is 45.6 Å². The van der Waals surface area contributed by atoms with Gasteiger partial charge >= 0.3 is 0 Å². The van der Waals surface area contributed by atoms with E-state index in [9.17, 15) is 0 Å². The van der Waals surface area contributed by atoms with Crippen LogP contribution in [0.25, 0.3) is 11.0 Å². The molecule has 0 aromatic carbocycles. The average molecular weight is 375 g/mol. The first-order chi connectivity index (χ1) is 9.90. The second kappa shape index (κ2) is 7.78. The van der Waals surface area contributed by atoms with Crippen LogP contribution in [0.3, 0.4) is 0 Å². The molecule has 0 aliphatic carbocycles. The summed E-state index contributed by atoms with van der Waals surface area (Å²) in [6.07, 6.45) is 2.24. The molecule has 0 bridgehead atoms. The van der Waals surface area contributed by atoms with Gasteiger partial charge in [0.05, 0.1) is 0 Å². The van der Waals surface area contributed by atoms with E-state index in [1.165, 1.54) is 11.3 Å². The molecule has 0 saturated carbocycles. The Labute approximate surface area is 159 Å². The largest absolute Gasteiger partial charge is 0.466 e. The van der Waals surface area contributed by atoms with Crippen LogP contribution in [0.15, 0.2) is 0 Å². The Morgan fingerprint density at radius 3 is 2.27 bits per heavy atom. The van der Waals surface area contributed by atoms with Crippen molar-refractivity contribution in [2.45, 2.75) is 41.5 Å². The number of nitrogens with zero attached hydrogens (tertiary/aromatic N) is 3. The van der Waals surface area contributed by atoms with Crippen LogP contribution in [0.1, 0.15) is 37.9 Å². The fourth-order valence-electron chi connectivity index (χ4n) is 2.64. The third-order valence-corrected chi connectivity index (χ3v) is 4.49. The molecule has 2 aromatic rings. The van der Waals surface area contributed by atoms with Gasteiger partial charge in [-0.3, -0.25) is 4.98 Å². The monoisotopic (exact) mass is 375 g/mol. The van der Waals surface area contributed by atoms with Gasteiger partial charge in [0.25, 0.3) is 0 Å². The van der Waals surface area contributed by atoms with Crippen molar-refractivity contribution in [3.63, 3.8) is 0 Å². The van der Waals surface area contributed by atoms with Gasteiger partial charge in [-0.05, 0) is 19.2 Å². The number of hydrogen-bond donors (Lipinski definition) is 1. The van der Waals surface area contributed by atoms with Crippen molar-refractivity contribution in [3.05, 3.63) is 30.0 Å². The summed E-state index contributed by atoms with van der Waals surface area (Å²) in [7, 11) is 1.91. The van der Waals surface area contributed by atoms with Gasteiger partial charge in [-0.1, -0.05) is 37.9 Å². The zero-order valence-electron chi connectivity index (χ0n) is 14.7. The smallest absolute Gasteiger partial charge is 0.125 e. The van der Waals surface area contributed by atoms with Crippen LogP contribution >= 0.6 is 0 Å². The molecule has 0 saturated heterocycles. The molecule has 1 N–H and O–H groups in total. The van der Waals surface area contributed by atoms with Crippen molar-refractivity contribution in [1.82, 2.24) is 14.5 Å². The molecular formula is C17H26N4Y-2. The van der Waals surface area contributed by atoms with Gasteiger partial charge in [0.15, 0.2) is 0 Å². The number of fused-ring (bicyclic) bond motifs is 1. The Balaban J connectivity index is 0.00000242. The minimum atomic E-state index is 0. The molecule has 0 aliphatic heterocycles. The number of nitrogens with one attached hydrogen (secondary N) is 1. The summed E-state index contributed by atoms with van der Waals surface area (Å²) in [5, 5.41) is 4.32. The molecule has 22 heavy (non-hydrogen) atoms. The average Bonchev–Trinajstić information content (AvgIpc) is 2.70. The number of rotatable bonds is 5. The molecule has 5 heteroatoms. The van der Waals surface area contributed by atoms with Crippen molar-refractivity contribution in [2.24, 2.45) is 11.8 Å². The van der Waals surface area contributed by atoms with Gasteiger partial charge in [0.1, 0.15) is 11.6 Å². The van der Waals surface area contributed by atoms with Gasteiger partial charge in [-0.15, -0.1) is 6.54 Å². The fraction of sp³-hybridized carbons (Fsp3) is 0.529. The van der Waals surface area contributed by atoms with Crippen LogP contribution in [-0.4, -0.2) is 21.6 Å².